The lowest BCUT2D eigenvalue weighted by Crippen LogP contribution is -2.55. The number of nitrogens with one attached hydrogen (secondary N) is 1. The SMILES string of the molecule is CC(=O)N1c2ccc(NC(=O)CC(=O)OCc3ccco3)cc2C(C)(c2ccccc2)CC1(C)C. The van der Waals surface area contributed by atoms with Gasteiger partial charge in [-0.25, -0.2) is 0 Å². The first-order valence-corrected chi connectivity index (χ1v) is 11.6. The van der Waals surface area contributed by atoms with Gasteiger partial charge in [0.2, 0.25) is 11.8 Å². The Kier molecular flexibility index (Phi) is 6.52. The third kappa shape index (κ3) is 4.99. The maximum Gasteiger partial charge on any atom is 0.315 e. The fourth-order valence-electron chi connectivity index (χ4n) is 5.21. The van der Waals surface area contributed by atoms with Gasteiger partial charge in [0.25, 0.3) is 0 Å². The van der Waals surface area contributed by atoms with E-state index in [4.69, 9.17) is 9.15 Å². The zero-order chi connectivity index (χ0) is 25.2. The summed E-state index contributed by atoms with van der Waals surface area (Å²) in [6.07, 6.45) is 1.77. The maximum atomic E-state index is 12.7. The number of benzene rings is 2. The van der Waals surface area contributed by atoms with E-state index in [1.807, 2.05) is 35.2 Å². The Bertz CT molecular complexity index is 1230. The van der Waals surface area contributed by atoms with Crippen molar-refractivity contribution in [3.05, 3.63) is 83.8 Å². The molecule has 0 bridgehead atoms. The molecule has 1 N–H and O–H groups in total. The largest absolute Gasteiger partial charge is 0.466 e. The number of furan rings is 1. The molecule has 1 atom stereocenters. The van der Waals surface area contributed by atoms with Gasteiger partial charge in [-0.2, -0.15) is 0 Å². The normalized spacial score (nSPS) is 18.5. The predicted octanol–water partition coefficient (Wildman–Crippen LogP) is 5.19. The molecule has 0 saturated carbocycles. The van der Waals surface area contributed by atoms with Gasteiger partial charge in [0.15, 0.2) is 0 Å². The lowest BCUT2D eigenvalue weighted by Gasteiger charge is -2.51. The minimum absolute atomic E-state index is 0.0238. The lowest BCUT2D eigenvalue weighted by atomic mass is 9.65. The van der Waals surface area contributed by atoms with Crippen molar-refractivity contribution in [2.75, 3.05) is 10.2 Å². The fourth-order valence-corrected chi connectivity index (χ4v) is 5.21. The maximum absolute atomic E-state index is 12.7. The number of fused-ring (bicyclic) bond motifs is 1. The fraction of sp³-hybridized carbons (Fsp3) is 0.321. The summed E-state index contributed by atoms with van der Waals surface area (Å²) < 4.78 is 10.2. The van der Waals surface area contributed by atoms with Crippen LogP contribution in [0, 0.1) is 0 Å². The summed E-state index contributed by atoms with van der Waals surface area (Å²) in [5, 5.41) is 2.80. The molecule has 0 saturated heterocycles. The van der Waals surface area contributed by atoms with E-state index in [9.17, 15) is 14.4 Å². The van der Waals surface area contributed by atoms with E-state index in [0.717, 1.165) is 16.8 Å². The number of anilines is 2. The topological polar surface area (TPSA) is 88.9 Å². The average molecular weight is 475 g/mol. The van der Waals surface area contributed by atoms with Crippen molar-refractivity contribution in [1.29, 1.82) is 0 Å². The van der Waals surface area contributed by atoms with Crippen molar-refractivity contribution < 1.29 is 23.5 Å². The first-order valence-electron chi connectivity index (χ1n) is 11.6. The molecule has 2 heterocycles. The van der Waals surface area contributed by atoms with Gasteiger partial charge in [-0.1, -0.05) is 37.3 Å². The Morgan fingerprint density at radius 2 is 1.77 bits per heavy atom. The standard InChI is InChI=1S/C28H30N2O5/c1-19(31)30-24-13-12-21(29-25(32)16-26(33)35-17-22-11-8-14-34-22)15-23(24)28(4,18-27(30,2)3)20-9-6-5-7-10-20/h5-15H,16-18H2,1-4H3,(H,29,32). The highest BCUT2D eigenvalue weighted by molar-refractivity contribution is 6.02. The first kappa shape index (κ1) is 24.3. The summed E-state index contributed by atoms with van der Waals surface area (Å²) in [4.78, 5) is 39.1. The van der Waals surface area contributed by atoms with Crippen LogP contribution in [0.4, 0.5) is 11.4 Å². The third-order valence-corrected chi connectivity index (χ3v) is 6.49. The molecule has 0 fully saturated rings. The number of esters is 1. The highest BCUT2D eigenvalue weighted by Gasteiger charge is 2.47. The summed E-state index contributed by atoms with van der Waals surface area (Å²) >= 11 is 0. The second-order valence-corrected chi connectivity index (χ2v) is 9.74. The molecule has 0 spiro atoms. The molecule has 0 radical (unpaired) electrons. The highest BCUT2D eigenvalue weighted by atomic mass is 16.5. The molecule has 7 nitrogen and oxygen atoms in total. The van der Waals surface area contributed by atoms with Crippen molar-refractivity contribution >= 4 is 29.2 Å². The third-order valence-electron chi connectivity index (χ3n) is 6.49. The van der Waals surface area contributed by atoms with Gasteiger partial charge in [0.1, 0.15) is 18.8 Å². The van der Waals surface area contributed by atoms with Crippen LogP contribution < -0.4 is 10.2 Å². The van der Waals surface area contributed by atoms with E-state index in [1.54, 1.807) is 25.1 Å². The van der Waals surface area contributed by atoms with Crippen molar-refractivity contribution in [2.45, 2.75) is 58.1 Å². The average Bonchev–Trinajstić information content (AvgIpc) is 3.31. The summed E-state index contributed by atoms with van der Waals surface area (Å²) in [6.45, 7) is 7.86. The number of carbonyl (C=O) groups is 3. The zero-order valence-electron chi connectivity index (χ0n) is 20.5. The van der Waals surface area contributed by atoms with Crippen molar-refractivity contribution in [1.82, 2.24) is 0 Å². The van der Waals surface area contributed by atoms with Crippen LogP contribution >= 0.6 is 0 Å². The van der Waals surface area contributed by atoms with Crippen LogP contribution in [0.25, 0.3) is 0 Å². The van der Waals surface area contributed by atoms with E-state index >= 15 is 0 Å². The molecule has 2 aromatic carbocycles. The molecule has 3 aromatic rings. The summed E-state index contributed by atoms with van der Waals surface area (Å²) in [5.74, 6) is -0.653. The van der Waals surface area contributed by atoms with Gasteiger partial charge in [0, 0.05) is 29.3 Å². The molecule has 7 heteroatoms. The van der Waals surface area contributed by atoms with Crippen LogP contribution in [0.3, 0.4) is 0 Å². The number of nitrogens with zero attached hydrogens (tertiary/aromatic N) is 1. The van der Waals surface area contributed by atoms with Crippen LogP contribution in [-0.2, 0) is 31.1 Å². The Morgan fingerprint density at radius 3 is 2.43 bits per heavy atom. The first-order chi connectivity index (χ1) is 16.6. The molecule has 4 rings (SSSR count). The van der Waals surface area contributed by atoms with Gasteiger partial charge >= 0.3 is 5.97 Å². The van der Waals surface area contributed by atoms with Crippen LogP contribution in [0.2, 0.25) is 0 Å². The highest BCUT2D eigenvalue weighted by Crippen LogP contribution is 2.51. The Labute approximate surface area is 205 Å². The van der Waals surface area contributed by atoms with E-state index in [2.05, 4.69) is 38.2 Å². The number of amides is 2. The molecular weight excluding hydrogens is 444 g/mol. The van der Waals surface area contributed by atoms with Gasteiger partial charge in [-0.05, 0) is 61.7 Å². The van der Waals surface area contributed by atoms with Crippen LogP contribution in [0.1, 0.15) is 57.4 Å². The number of carbonyl (C=O) groups excluding carboxylic acids is 3. The molecule has 1 aromatic heterocycles. The predicted molar refractivity (Wildman–Crippen MR) is 133 cm³/mol. The molecular formula is C28H30N2O5. The lowest BCUT2D eigenvalue weighted by molar-refractivity contribution is -0.147. The number of rotatable bonds is 6. The van der Waals surface area contributed by atoms with Gasteiger partial charge in [-0.15, -0.1) is 0 Å². The van der Waals surface area contributed by atoms with E-state index in [1.165, 1.54) is 6.26 Å². The van der Waals surface area contributed by atoms with E-state index in [-0.39, 0.29) is 12.5 Å². The molecule has 2 amide bonds. The monoisotopic (exact) mass is 474 g/mol. The second-order valence-electron chi connectivity index (χ2n) is 9.74. The van der Waals surface area contributed by atoms with Gasteiger partial charge < -0.3 is 19.4 Å². The van der Waals surface area contributed by atoms with Crippen LogP contribution in [0.5, 0.6) is 0 Å². The van der Waals surface area contributed by atoms with Crippen LogP contribution in [-0.4, -0.2) is 23.3 Å². The summed E-state index contributed by atoms with van der Waals surface area (Å²) in [5.41, 5.74) is 2.63. The molecule has 35 heavy (non-hydrogen) atoms. The molecule has 1 aliphatic rings. The van der Waals surface area contributed by atoms with E-state index in [0.29, 0.717) is 17.9 Å². The molecule has 182 valence electrons. The van der Waals surface area contributed by atoms with Crippen LogP contribution in [0.15, 0.2) is 71.3 Å². The second kappa shape index (κ2) is 9.41. The molecule has 1 aliphatic heterocycles. The van der Waals surface area contributed by atoms with Crippen molar-refractivity contribution in [3.63, 3.8) is 0 Å². The smallest absolute Gasteiger partial charge is 0.315 e. The zero-order valence-corrected chi connectivity index (χ0v) is 20.5. The van der Waals surface area contributed by atoms with Crippen molar-refractivity contribution in [3.8, 4) is 0 Å². The minimum atomic E-state index is -0.643. The Balaban J connectivity index is 1.60. The quantitative estimate of drug-likeness (QED) is 0.392. The van der Waals surface area contributed by atoms with Gasteiger partial charge in [0.05, 0.1) is 6.26 Å². The molecule has 0 aliphatic carbocycles. The summed E-state index contributed by atoms with van der Waals surface area (Å²) in [6, 6.07) is 19.1. The molecule has 1 unspecified atom stereocenters. The number of hydrogen-bond acceptors (Lipinski definition) is 5. The van der Waals surface area contributed by atoms with Gasteiger partial charge in [-0.3, -0.25) is 14.4 Å². The minimum Gasteiger partial charge on any atom is -0.466 e. The van der Waals surface area contributed by atoms with E-state index < -0.39 is 29.3 Å². The summed E-state index contributed by atoms with van der Waals surface area (Å²) in [7, 11) is 0. The van der Waals surface area contributed by atoms with Crippen molar-refractivity contribution in [2.24, 2.45) is 0 Å². The number of hydrogen-bond donors (Lipinski definition) is 1. The number of ether oxygens (including phenoxy) is 1. The Hall–Kier alpha value is -3.87. The Morgan fingerprint density at radius 1 is 1.03 bits per heavy atom.